The van der Waals surface area contributed by atoms with Gasteiger partial charge in [0, 0.05) is 5.56 Å². The van der Waals surface area contributed by atoms with E-state index in [-0.39, 0.29) is 17.9 Å². The van der Waals surface area contributed by atoms with Gasteiger partial charge in [0.2, 0.25) is 6.17 Å². The van der Waals surface area contributed by atoms with Gasteiger partial charge in [-0.25, -0.2) is 9.18 Å². The van der Waals surface area contributed by atoms with Crippen molar-refractivity contribution in [2.75, 3.05) is 6.61 Å². The van der Waals surface area contributed by atoms with E-state index >= 15 is 0 Å². The Kier molecular flexibility index (Phi) is 5.62. The van der Waals surface area contributed by atoms with E-state index in [0.717, 1.165) is 0 Å². The quantitative estimate of drug-likeness (QED) is 0.810. The molecule has 106 valence electrons. The largest absolute Gasteiger partial charge is 0.464 e. The van der Waals surface area contributed by atoms with Crippen molar-refractivity contribution in [3.05, 3.63) is 29.8 Å². The molecule has 0 aliphatic rings. The Bertz CT molecular complexity index is 428. The van der Waals surface area contributed by atoms with Crippen molar-refractivity contribution in [1.29, 1.82) is 0 Å². The van der Waals surface area contributed by atoms with E-state index in [4.69, 9.17) is 5.73 Å². The molecule has 0 amide bonds. The minimum atomic E-state index is -3.06. The molecule has 2 atom stereocenters. The summed E-state index contributed by atoms with van der Waals surface area (Å²) in [6.45, 7) is -1.54. The van der Waals surface area contributed by atoms with Crippen LogP contribution in [0.5, 0.6) is 5.75 Å². The summed E-state index contributed by atoms with van der Waals surface area (Å²) >= 11 is 0. The Morgan fingerprint density at radius 2 is 1.95 bits per heavy atom. The maximum absolute atomic E-state index is 13.7. The van der Waals surface area contributed by atoms with E-state index in [0.29, 0.717) is 0 Å². The van der Waals surface area contributed by atoms with E-state index in [1.807, 2.05) is 0 Å². The summed E-state index contributed by atoms with van der Waals surface area (Å²) in [5.41, 5.74) is 5.52. The molecule has 0 bridgehead atoms. The van der Waals surface area contributed by atoms with Gasteiger partial charge in [-0.15, -0.1) is 0 Å². The summed E-state index contributed by atoms with van der Waals surface area (Å²) < 4.78 is 46.8. The van der Waals surface area contributed by atoms with Crippen LogP contribution in [0.25, 0.3) is 0 Å². The number of ether oxygens (including phenoxy) is 2. The normalized spacial score (nSPS) is 14.0. The molecule has 0 aliphatic heterocycles. The zero-order valence-corrected chi connectivity index (χ0v) is 10.2. The molecule has 1 unspecified atom stereocenters. The van der Waals surface area contributed by atoms with Gasteiger partial charge < -0.3 is 15.2 Å². The van der Waals surface area contributed by atoms with Crippen LogP contribution >= 0.6 is 0 Å². The molecule has 0 saturated heterocycles. The SMILES string of the molecule is CCOC(=O)C(F)[C@H](N)c1ccccc1OC(F)F. The van der Waals surface area contributed by atoms with Gasteiger partial charge >= 0.3 is 12.6 Å². The van der Waals surface area contributed by atoms with Crippen molar-refractivity contribution in [3.63, 3.8) is 0 Å². The monoisotopic (exact) mass is 277 g/mol. The van der Waals surface area contributed by atoms with E-state index in [1.165, 1.54) is 31.2 Å². The molecule has 0 heterocycles. The predicted molar refractivity (Wildman–Crippen MR) is 61.5 cm³/mol. The van der Waals surface area contributed by atoms with Gasteiger partial charge in [0.1, 0.15) is 5.75 Å². The number of hydrogen-bond acceptors (Lipinski definition) is 4. The van der Waals surface area contributed by atoms with Gasteiger partial charge in [-0.1, -0.05) is 18.2 Å². The second-order valence-electron chi connectivity index (χ2n) is 3.60. The highest BCUT2D eigenvalue weighted by Crippen LogP contribution is 2.28. The highest BCUT2D eigenvalue weighted by atomic mass is 19.3. The molecule has 0 spiro atoms. The number of carbonyl (C=O) groups excluding carboxylic acids is 1. The molecule has 4 nitrogen and oxygen atoms in total. The Morgan fingerprint density at radius 3 is 2.53 bits per heavy atom. The first kappa shape index (κ1) is 15.3. The van der Waals surface area contributed by atoms with Crippen molar-refractivity contribution in [2.24, 2.45) is 5.73 Å². The lowest BCUT2D eigenvalue weighted by atomic mass is 10.0. The molecular formula is C12H14F3NO3. The first-order chi connectivity index (χ1) is 8.97. The maximum Gasteiger partial charge on any atom is 0.387 e. The summed E-state index contributed by atoms with van der Waals surface area (Å²) in [7, 11) is 0. The highest BCUT2D eigenvalue weighted by molar-refractivity contribution is 5.76. The van der Waals surface area contributed by atoms with Crippen LogP contribution < -0.4 is 10.5 Å². The summed E-state index contributed by atoms with van der Waals surface area (Å²) in [4.78, 5) is 11.2. The Morgan fingerprint density at radius 1 is 1.32 bits per heavy atom. The first-order valence-corrected chi connectivity index (χ1v) is 5.57. The number of para-hydroxylation sites is 1. The predicted octanol–water partition coefficient (Wildman–Crippen LogP) is 2.19. The Labute approximate surface area is 108 Å². The number of nitrogens with two attached hydrogens (primary N) is 1. The Hall–Kier alpha value is -1.76. The van der Waals surface area contributed by atoms with Crippen LogP contribution in [-0.2, 0) is 9.53 Å². The zero-order valence-electron chi connectivity index (χ0n) is 10.2. The van der Waals surface area contributed by atoms with Gasteiger partial charge in [0.05, 0.1) is 12.6 Å². The van der Waals surface area contributed by atoms with Crippen molar-refractivity contribution >= 4 is 5.97 Å². The second-order valence-corrected chi connectivity index (χ2v) is 3.60. The van der Waals surface area contributed by atoms with Crippen LogP contribution in [0.2, 0.25) is 0 Å². The molecule has 0 aliphatic carbocycles. The molecular weight excluding hydrogens is 263 g/mol. The van der Waals surface area contributed by atoms with Crippen LogP contribution in [0.15, 0.2) is 24.3 Å². The van der Waals surface area contributed by atoms with Crippen LogP contribution in [0.4, 0.5) is 13.2 Å². The van der Waals surface area contributed by atoms with Crippen LogP contribution in [0.1, 0.15) is 18.5 Å². The second kappa shape index (κ2) is 6.98. The third-order valence-electron chi connectivity index (χ3n) is 2.32. The van der Waals surface area contributed by atoms with E-state index in [1.54, 1.807) is 0 Å². The van der Waals surface area contributed by atoms with Crippen molar-refractivity contribution in [1.82, 2.24) is 0 Å². The van der Waals surface area contributed by atoms with Crippen molar-refractivity contribution in [3.8, 4) is 5.75 Å². The molecule has 0 saturated carbocycles. The smallest absolute Gasteiger partial charge is 0.387 e. The van der Waals surface area contributed by atoms with Crippen LogP contribution in [0, 0.1) is 0 Å². The molecule has 1 aromatic rings. The van der Waals surface area contributed by atoms with Crippen LogP contribution in [0.3, 0.4) is 0 Å². The standard InChI is InChI=1S/C12H14F3NO3/c1-2-18-11(17)9(13)10(16)7-5-3-4-6-8(7)19-12(14)15/h3-6,9-10,12H,2,16H2,1H3/t9?,10-/m1/s1. The maximum atomic E-state index is 13.7. The fourth-order valence-electron chi connectivity index (χ4n) is 1.49. The molecule has 7 heteroatoms. The van der Waals surface area contributed by atoms with E-state index in [9.17, 15) is 18.0 Å². The summed E-state index contributed by atoms with van der Waals surface area (Å²) in [5, 5.41) is 0. The lowest BCUT2D eigenvalue weighted by Gasteiger charge is -2.18. The number of esters is 1. The van der Waals surface area contributed by atoms with E-state index < -0.39 is 24.8 Å². The average molecular weight is 277 g/mol. The fraction of sp³-hybridized carbons (Fsp3) is 0.417. The summed E-state index contributed by atoms with van der Waals surface area (Å²) in [6.07, 6.45) is -2.15. The third kappa shape index (κ3) is 4.13. The number of benzene rings is 1. The molecule has 2 N–H and O–H groups in total. The third-order valence-corrected chi connectivity index (χ3v) is 2.32. The molecule has 0 radical (unpaired) electrons. The average Bonchev–Trinajstić information content (AvgIpc) is 2.37. The lowest BCUT2D eigenvalue weighted by Crippen LogP contribution is -2.32. The number of rotatable bonds is 6. The van der Waals surface area contributed by atoms with Crippen molar-refractivity contribution in [2.45, 2.75) is 25.7 Å². The Balaban J connectivity index is 2.92. The number of hydrogen-bond donors (Lipinski definition) is 1. The van der Waals surface area contributed by atoms with Gasteiger partial charge in [0.25, 0.3) is 0 Å². The minimum absolute atomic E-state index is 0.00115. The molecule has 0 aromatic heterocycles. The number of alkyl halides is 3. The number of carbonyl (C=O) groups is 1. The van der Waals surface area contributed by atoms with E-state index in [2.05, 4.69) is 9.47 Å². The van der Waals surface area contributed by atoms with Gasteiger partial charge in [-0.3, -0.25) is 0 Å². The first-order valence-electron chi connectivity index (χ1n) is 5.57. The fourth-order valence-corrected chi connectivity index (χ4v) is 1.49. The minimum Gasteiger partial charge on any atom is -0.464 e. The molecule has 19 heavy (non-hydrogen) atoms. The van der Waals surface area contributed by atoms with Gasteiger partial charge in [-0.2, -0.15) is 8.78 Å². The zero-order chi connectivity index (χ0) is 14.4. The van der Waals surface area contributed by atoms with Crippen LogP contribution in [-0.4, -0.2) is 25.4 Å². The summed E-state index contributed by atoms with van der Waals surface area (Å²) in [6, 6.07) is 4.01. The number of halogens is 3. The van der Waals surface area contributed by atoms with Gasteiger partial charge in [-0.05, 0) is 13.0 Å². The molecule has 1 rings (SSSR count). The molecule has 1 aromatic carbocycles. The summed E-state index contributed by atoms with van der Waals surface area (Å²) in [5.74, 6) is -1.40. The topological polar surface area (TPSA) is 61.5 Å². The van der Waals surface area contributed by atoms with Gasteiger partial charge in [0.15, 0.2) is 0 Å². The highest BCUT2D eigenvalue weighted by Gasteiger charge is 2.30. The van der Waals surface area contributed by atoms with Crippen molar-refractivity contribution < 1.29 is 27.4 Å². The molecule has 0 fully saturated rings. The lowest BCUT2D eigenvalue weighted by molar-refractivity contribution is -0.149.